The topological polar surface area (TPSA) is 82.0 Å². The molecule has 104 valence electrons. The van der Waals surface area contributed by atoms with Crippen LogP contribution in [-0.4, -0.2) is 28.9 Å². The van der Waals surface area contributed by atoms with Crippen molar-refractivity contribution < 1.29 is 14.8 Å². The molecule has 1 heterocycles. The lowest BCUT2D eigenvalue weighted by Gasteiger charge is -2.13. The molecule has 2 rings (SSSR count). The number of imide groups is 1. The highest BCUT2D eigenvalue weighted by atomic mass is 16.4. The number of hydrogen-bond acceptors (Lipinski definition) is 4. The van der Waals surface area contributed by atoms with Crippen LogP contribution in [0.2, 0.25) is 0 Å². The van der Waals surface area contributed by atoms with Crippen molar-refractivity contribution in [2.75, 3.05) is 4.90 Å². The Hall–Kier alpha value is -2.63. The Morgan fingerprint density at radius 1 is 1.45 bits per heavy atom. The van der Waals surface area contributed by atoms with E-state index >= 15 is 0 Å². The largest absolute Gasteiger partial charge is 0.411 e. The molecule has 0 aromatic heterocycles. The number of carbonyl (C=O) groups is 2. The predicted octanol–water partition coefficient (Wildman–Crippen LogP) is 1.89. The van der Waals surface area contributed by atoms with Gasteiger partial charge in [0.25, 0.3) is 5.91 Å². The second-order valence-corrected chi connectivity index (χ2v) is 4.43. The average Bonchev–Trinajstić information content (AvgIpc) is 2.73. The Balaban J connectivity index is 2.25. The summed E-state index contributed by atoms with van der Waals surface area (Å²) in [5.74, 6) is -0.296. The molecule has 1 unspecified atom stereocenters. The van der Waals surface area contributed by atoms with Crippen molar-refractivity contribution in [3.05, 3.63) is 42.5 Å². The third-order valence-corrected chi connectivity index (χ3v) is 3.11. The first-order valence-electron chi connectivity index (χ1n) is 6.13. The molecular weight excluding hydrogens is 258 g/mol. The fourth-order valence-electron chi connectivity index (χ4n) is 2.01. The lowest BCUT2D eigenvalue weighted by molar-refractivity contribution is -0.118. The van der Waals surface area contributed by atoms with Gasteiger partial charge in [0.15, 0.2) is 0 Å². The van der Waals surface area contributed by atoms with Crippen molar-refractivity contribution in [2.24, 2.45) is 5.16 Å². The second kappa shape index (κ2) is 5.56. The van der Waals surface area contributed by atoms with Crippen LogP contribution in [-0.2, 0) is 4.79 Å². The SMILES string of the molecule is C=CCC1NC(=O)N(c2ccc(C(C)=NO)cc2)C1=O. The van der Waals surface area contributed by atoms with Gasteiger partial charge in [-0.15, -0.1) is 6.58 Å². The number of amides is 3. The van der Waals surface area contributed by atoms with E-state index in [-0.39, 0.29) is 5.91 Å². The lowest BCUT2D eigenvalue weighted by Crippen LogP contribution is -2.31. The maximum absolute atomic E-state index is 12.1. The third-order valence-electron chi connectivity index (χ3n) is 3.11. The Morgan fingerprint density at radius 2 is 2.10 bits per heavy atom. The minimum absolute atomic E-state index is 0.296. The average molecular weight is 273 g/mol. The van der Waals surface area contributed by atoms with Gasteiger partial charge in [-0.1, -0.05) is 23.4 Å². The van der Waals surface area contributed by atoms with Crippen LogP contribution in [0.25, 0.3) is 0 Å². The smallest absolute Gasteiger partial charge is 0.329 e. The molecule has 2 N–H and O–H groups in total. The van der Waals surface area contributed by atoms with Gasteiger partial charge in [-0.2, -0.15) is 0 Å². The van der Waals surface area contributed by atoms with E-state index in [1.54, 1.807) is 37.3 Å². The molecule has 1 saturated heterocycles. The Bertz CT molecular complexity index is 578. The normalized spacial score (nSPS) is 19.1. The standard InChI is InChI=1S/C14H15N3O3/c1-3-4-12-13(18)17(14(19)15-12)11-7-5-10(6-8-11)9(2)16-20/h3,5-8,12,20H,1,4H2,2H3,(H,15,19). The zero-order chi connectivity index (χ0) is 14.7. The molecule has 0 spiro atoms. The van der Waals surface area contributed by atoms with Crippen LogP contribution >= 0.6 is 0 Å². The third kappa shape index (κ3) is 2.40. The van der Waals surface area contributed by atoms with Gasteiger partial charge < -0.3 is 10.5 Å². The molecular formula is C14H15N3O3. The molecule has 1 aliphatic rings. The minimum atomic E-state index is -0.555. The Labute approximate surface area is 116 Å². The van der Waals surface area contributed by atoms with Gasteiger partial charge in [-0.25, -0.2) is 9.69 Å². The van der Waals surface area contributed by atoms with Gasteiger partial charge in [0, 0.05) is 0 Å². The number of carbonyl (C=O) groups excluding carboxylic acids is 2. The van der Waals surface area contributed by atoms with E-state index < -0.39 is 12.1 Å². The highest BCUT2D eigenvalue weighted by molar-refractivity contribution is 6.21. The fourth-order valence-corrected chi connectivity index (χ4v) is 2.01. The molecule has 0 radical (unpaired) electrons. The molecule has 0 aliphatic carbocycles. The summed E-state index contributed by atoms with van der Waals surface area (Å²) < 4.78 is 0. The van der Waals surface area contributed by atoms with E-state index in [2.05, 4.69) is 17.1 Å². The summed E-state index contributed by atoms with van der Waals surface area (Å²) in [5.41, 5.74) is 1.65. The number of nitrogens with zero attached hydrogens (tertiary/aromatic N) is 2. The number of oxime groups is 1. The molecule has 0 bridgehead atoms. The predicted molar refractivity (Wildman–Crippen MR) is 75.1 cm³/mol. The quantitative estimate of drug-likeness (QED) is 0.289. The summed E-state index contributed by atoms with van der Waals surface area (Å²) in [6.45, 7) is 5.22. The van der Waals surface area contributed by atoms with Crippen molar-refractivity contribution >= 4 is 23.3 Å². The fraction of sp³-hybridized carbons (Fsp3) is 0.214. The van der Waals surface area contributed by atoms with Crippen LogP contribution in [0.15, 0.2) is 42.1 Å². The van der Waals surface area contributed by atoms with Gasteiger partial charge in [0.05, 0.1) is 11.4 Å². The van der Waals surface area contributed by atoms with Gasteiger partial charge >= 0.3 is 6.03 Å². The van der Waals surface area contributed by atoms with E-state index in [4.69, 9.17) is 5.21 Å². The van der Waals surface area contributed by atoms with E-state index in [9.17, 15) is 9.59 Å². The van der Waals surface area contributed by atoms with E-state index in [1.165, 1.54) is 0 Å². The number of hydrogen-bond donors (Lipinski definition) is 2. The molecule has 1 aliphatic heterocycles. The maximum atomic E-state index is 12.1. The number of nitrogens with one attached hydrogen (secondary N) is 1. The Morgan fingerprint density at radius 3 is 2.65 bits per heavy atom. The molecule has 1 atom stereocenters. The monoisotopic (exact) mass is 273 g/mol. The molecule has 3 amide bonds. The summed E-state index contributed by atoms with van der Waals surface area (Å²) >= 11 is 0. The van der Waals surface area contributed by atoms with Crippen LogP contribution < -0.4 is 10.2 Å². The second-order valence-electron chi connectivity index (χ2n) is 4.43. The molecule has 1 aromatic rings. The summed E-state index contributed by atoms with van der Waals surface area (Å²) in [7, 11) is 0. The number of anilines is 1. The van der Waals surface area contributed by atoms with Gasteiger partial charge in [0.1, 0.15) is 6.04 Å². The number of urea groups is 1. The van der Waals surface area contributed by atoms with E-state index in [0.717, 1.165) is 4.90 Å². The summed E-state index contributed by atoms with van der Waals surface area (Å²) in [4.78, 5) is 25.1. The highest BCUT2D eigenvalue weighted by Gasteiger charge is 2.38. The molecule has 6 nitrogen and oxygen atoms in total. The molecule has 6 heteroatoms. The molecule has 1 fully saturated rings. The zero-order valence-corrected chi connectivity index (χ0v) is 11.0. The van der Waals surface area contributed by atoms with Crippen molar-refractivity contribution in [3.63, 3.8) is 0 Å². The highest BCUT2D eigenvalue weighted by Crippen LogP contribution is 2.21. The number of benzene rings is 1. The van der Waals surface area contributed by atoms with Crippen LogP contribution in [0, 0.1) is 0 Å². The summed E-state index contributed by atoms with van der Waals surface area (Å²) in [5, 5.41) is 14.4. The van der Waals surface area contributed by atoms with Crippen LogP contribution in [0.3, 0.4) is 0 Å². The first-order chi connectivity index (χ1) is 9.58. The first kappa shape index (κ1) is 13.8. The van der Waals surface area contributed by atoms with Crippen LogP contribution in [0.1, 0.15) is 18.9 Å². The molecule has 1 aromatic carbocycles. The minimum Gasteiger partial charge on any atom is -0.411 e. The van der Waals surface area contributed by atoms with Gasteiger partial charge in [-0.3, -0.25) is 4.79 Å². The van der Waals surface area contributed by atoms with Crippen molar-refractivity contribution in [1.82, 2.24) is 5.32 Å². The Kier molecular flexibility index (Phi) is 3.84. The first-order valence-corrected chi connectivity index (χ1v) is 6.13. The van der Waals surface area contributed by atoms with E-state index in [1.807, 2.05) is 0 Å². The van der Waals surface area contributed by atoms with E-state index in [0.29, 0.717) is 23.4 Å². The molecule has 20 heavy (non-hydrogen) atoms. The van der Waals surface area contributed by atoms with Crippen LogP contribution in [0.5, 0.6) is 0 Å². The van der Waals surface area contributed by atoms with Crippen molar-refractivity contribution in [2.45, 2.75) is 19.4 Å². The lowest BCUT2D eigenvalue weighted by atomic mass is 10.1. The molecule has 0 saturated carbocycles. The zero-order valence-electron chi connectivity index (χ0n) is 11.0. The van der Waals surface area contributed by atoms with Gasteiger partial charge in [-0.05, 0) is 31.0 Å². The van der Waals surface area contributed by atoms with Crippen molar-refractivity contribution in [1.29, 1.82) is 0 Å². The van der Waals surface area contributed by atoms with Crippen molar-refractivity contribution in [3.8, 4) is 0 Å². The van der Waals surface area contributed by atoms with Gasteiger partial charge in [0.2, 0.25) is 0 Å². The van der Waals surface area contributed by atoms with Crippen LogP contribution in [0.4, 0.5) is 10.5 Å². The summed E-state index contributed by atoms with van der Waals surface area (Å²) in [6.07, 6.45) is 1.99. The maximum Gasteiger partial charge on any atom is 0.329 e. The number of rotatable bonds is 4. The summed E-state index contributed by atoms with van der Waals surface area (Å²) in [6, 6.07) is 5.65.